The summed E-state index contributed by atoms with van der Waals surface area (Å²) < 4.78 is 7.29. The molecule has 4 rings (SSSR count). The second kappa shape index (κ2) is 10.2. The first kappa shape index (κ1) is 23.1. The molecule has 2 heterocycles. The van der Waals surface area contributed by atoms with Crippen LogP contribution < -0.4 is 5.32 Å². The Balaban J connectivity index is 1.47. The van der Waals surface area contributed by atoms with Crippen LogP contribution in [0.1, 0.15) is 30.0 Å². The van der Waals surface area contributed by atoms with E-state index in [1.165, 1.54) is 0 Å². The predicted octanol–water partition coefficient (Wildman–Crippen LogP) is 4.24. The molecule has 1 aliphatic heterocycles. The van der Waals surface area contributed by atoms with E-state index in [4.69, 9.17) is 21.3 Å². The second-order valence-corrected chi connectivity index (χ2v) is 8.28. The van der Waals surface area contributed by atoms with Gasteiger partial charge in [0.05, 0.1) is 34.8 Å². The highest BCUT2D eigenvalue weighted by Crippen LogP contribution is 2.23. The van der Waals surface area contributed by atoms with Crippen LogP contribution in [0.15, 0.2) is 42.5 Å². The minimum atomic E-state index is -0.255. The van der Waals surface area contributed by atoms with E-state index in [9.17, 15) is 9.59 Å². The summed E-state index contributed by atoms with van der Waals surface area (Å²) >= 11 is 6.15. The van der Waals surface area contributed by atoms with Gasteiger partial charge < -0.3 is 19.5 Å². The topological polar surface area (TPSA) is 79.7 Å². The molecule has 9 heteroatoms. The Bertz CT molecular complexity index is 1150. The molecule has 0 atom stereocenters. The van der Waals surface area contributed by atoms with Crippen LogP contribution in [-0.4, -0.2) is 64.1 Å². The summed E-state index contributed by atoms with van der Waals surface area (Å²) in [4.78, 5) is 33.4. The third kappa shape index (κ3) is 5.12. The summed E-state index contributed by atoms with van der Waals surface area (Å²) in [6.07, 6.45) is -0.246. The monoisotopic (exact) mass is 469 g/mol. The first-order chi connectivity index (χ1) is 16.0. The lowest BCUT2D eigenvalue weighted by Gasteiger charge is -2.33. The van der Waals surface area contributed by atoms with E-state index in [-0.39, 0.29) is 12.0 Å². The number of imidazole rings is 1. The van der Waals surface area contributed by atoms with Crippen molar-refractivity contribution in [3.63, 3.8) is 0 Å². The molecule has 0 aliphatic carbocycles. The molecule has 1 saturated heterocycles. The van der Waals surface area contributed by atoms with Crippen molar-refractivity contribution in [3.8, 4) is 0 Å². The molecule has 0 bridgehead atoms. The zero-order chi connectivity index (χ0) is 23.4. The molecular weight excluding hydrogens is 442 g/mol. The number of hydrogen-bond acceptors (Lipinski definition) is 5. The molecule has 0 spiro atoms. The SMILES string of the molecule is CCOC(=O)N1CCN(Cc2nc3cc(NC(=O)c4ccccc4Cl)ccc3n2CC)CC1. The van der Waals surface area contributed by atoms with Gasteiger partial charge >= 0.3 is 6.09 Å². The quantitative estimate of drug-likeness (QED) is 0.584. The van der Waals surface area contributed by atoms with Crippen molar-refractivity contribution in [3.05, 3.63) is 58.9 Å². The standard InChI is InChI=1S/C24H28ClN5O3/c1-3-30-21-10-9-17(26-23(31)18-7-5-6-8-19(18)25)15-20(21)27-22(30)16-28-11-13-29(14-12-28)24(32)33-4-2/h5-10,15H,3-4,11-14,16H2,1-2H3,(H,26,31). The Labute approximate surface area is 198 Å². The van der Waals surface area contributed by atoms with Gasteiger partial charge in [0, 0.05) is 38.4 Å². The van der Waals surface area contributed by atoms with Crippen LogP contribution in [0, 0.1) is 0 Å². The van der Waals surface area contributed by atoms with E-state index < -0.39 is 0 Å². The van der Waals surface area contributed by atoms with E-state index in [2.05, 4.69) is 21.7 Å². The predicted molar refractivity (Wildman–Crippen MR) is 129 cm³/mol. The summed E-state index contributed by atoms with van der Waals surface area (Å²) in [5, 5.41) is 3.33. The van der Waals surface area contributed by atoms with Gasteiger partial charge in [-0.25, -0.2) is 9.78 Å². The van der Waals surface area contributed by atoms with Crippen LogP contribution in [0.2, 0.25) is 5.02 Å². The Morgan fingerprint density at radius 3 is 2.55 bits per heavy atom. The van der Waals surface area contributed by atoms with Gasteiger partial charge in [-0.2, -0.15) is 0 Å². The first-order valence-electron chi connectivity index (χ1n) is 11.2. The number of hydrogen-bond donors (Lipinski definition) is 1. The van der Waals surface area contributed by atoms with Gasteiger partial charge in [-0.05, 0) is 44.2 Å². The van der Waals surface area contributed by atoms with Crippen molar-refractivity contribution >= 4 is 40.3 Å². The van der Waals surface area contributed by atoms with Crippen molar-refractivity contribution < 1.29 is 14.3 Å². The average molecular weight is 470 g/mol. The zero-order valence-electron chi connectivity index (χ0n) is 18.9. The number of fused-ring (bicyclic) bond motifs is 1. The lowest BCUT2D eigenvalue weighted by atomic mass is 10.2. The number of carbonyl (C=O) groups is 2. The van der Waals surface area contributed by atoms with Gasteiger partial charge in [-0.3, -0.25) is 9.69 Å². The largest absolute Gasteiger partial charge is 0.450 e. The molecule has 1 fully saturated rings. The number of amides is 2. The van der Waals surface area contributed by atoms with E-state index in [1.807, 2.05) is 25.1 Å². The maximum atomic E-state index is 12.6. The smallest absolute Gasteiger partial charge is 0.409 e. The number of piperazine rings is 1. The summed E-state index contributed by atoms with van der Waals surface area (Å²) in [6.45, 7) is 8.61. The van der Waals surface area contributed by atoms with Crippen molar-refractivity contribution in [2.45, 2.75) is 26.9 Å². The van der Waals surface area contributed by atoms with Crippen LogP contribution >= 0.6 is 11.6 Å². The molecule has 33 heavy (non-hydrogen) atoms. The average Bonchev–Trinajstić information content (AvgIpc) is 3.16. The van der Waals surface area contributed by atoms with E-state index >= 15 is 0 Å². The highest BCUT2D eigenvalue weighted by molar-refractivity contribution is 6.34. The van der Waals surface area contributed by atoms with Crippen molar-refractivity contribution in [1.82, 2.24) is 19.4 Å². The molecule has 1 N–H and O–H groups in total. The third-order valence-electron chi connectivity index (χ3n) is 5.78. The third-order valence-corrected chi connectivity index (χ3v) is 6.11. The minimum absolute atomic E-state index is 0.246. The maximum Gasteiger partial charge on any atom is 0.409 e. The van der Waals surface area contributed by atoms with Gasteiger partial charge in [0.15, 0.2) is 0 Å². The number of anilines is 1. The molecule has 8 nitrogen and oxygen atoms in total. The first-order valence-corrected chi connectivity index (χ1v) is 11.6. The molecule has 0 radical (unpaired) electrons. The molecule has 2 aromatic carbocycles. The van der Waals surface area contributed by atoms with E-state index in [0.717, 1.165) is 36.5 Å². The van der Waals surface area contributed by atoms with Crippen molar-refractivity contribution in [2.75, 3.05) is 38.1 Å². The molecule has 3 aromatic rings. The number of ether oxygens (including phenoxy) is 1. The van der Waals surface area contributed by atoms with Gasteiger partial charge in [0.25, 0.3) is 5.91 Å². The fourth-order valence-corrected chi connectivity index (χ4v) is 4.30. The molecular formula is C24H28ClN5O3. The van der Waals surface area contributed by atoms with Gasteiger partial charge in [-0.15, -0.1) is 0 Å². The summed E-state index contributed by atoms with van der Waals surface area (Å²) in [6, 6.07) is 12.7. The van der Waals surface area contributed by atoms with Crippen LogP contribution in [0.3, 0.4) is 0 Å². The van der Waals surface area contributed by atoms with Crippen LogP contribution in [0.5, 0.6) is 0 Å². The molecule has 2 amide bonds. The summed E-state index contributed by atoms with van der Waals surface area (Å²) in [7, 11) is 0. The van der Waals surface area contributed by atoms with E-state index in [0.29, 0.717) is 42.5 Å². The number of nitrogens with one attached hydrogen (secondary N) is 1. The lowest BCUT2D eigenvalue weighted by Crippen LogP contribution is -2.48. The number of halogens is 1. The number of nitrogens with zero attached hydrogens (tertiary/aromatic N) is 4. The normalized spacial score (nSPS) is 14.5. The Morgan fingerprint density at radius 2 is 1.85 bits per heavy atom. The van der Waals surface area contributed by atoms with Gasteiger partial charge in [0.1, 0.15) is 5.82 Å². The Hall–Kier alpha value is -3.10. The van der Waals surface area contributed by atoms with E-state index in [1.54, 1.807) is 29.2 Å². The Kier molecular flexibility index (Phi) is 7.15. The number of aromatic nitrogens is 2. The van der Waals surface area contributed by atoms with Crippen LogP contribution in [0.4, 0.5) is 10.5 Å². The number of rotatable bonds is 6. The highest BCUT2D eigenvalue weighted by atomic mass is 35.5. The number of benzene rings is 2. The zero-order valence-corrected chi connectivity index (χ0v) is 19.6. The summed E-state index contributed by atoms with van der Waals surface area (Å²) in [5.74, 6) is 0.709. The lowest BCUT2D eigenvalue weighted by molar-refractivity contribution is 0.0769. The fourth-order valence-electron chi connectivity index (χ4n) is 4.08. The molecule has 174 valence electrons. The van der Waals surface area contributed by atoms with Gasteiger partial charge in [-0.1, -0.05) is 23.7 Å². The molecule has 1 aliphatic rings. The van der Waals surface area contributed by atoms with Crippen LogP contribution in [-0.2, 0) is 17.8 Å². The van der Waals surface area contributed by atoms with Gasteiger partial charge in [0.2, 0.25) is 0 Å². The minimum Gasteiger partial charge on any atom is -0.450 e. The number of aryl methyl sites for hydroxylation is 1. The second-order valence-electron chi connectivity index (χ2n) is 7.87. The highest BCUT2D eigenvalue weighted by Gasteiger charge is 2.23. The van der Waals surface area contributed by atoms with Crippen LogP contribution in [0.25, 0.3) is 11.0 Å². The molecule has 0 unspecified atom stereocenters. The fraction of sp³-hybridized carbons (Fsp3) is 0.375. The summed E-state index contributed by atoms with van der Waals surface area (Å²) in [5.41, 5.74) is 2.95. The molecule has 1 aromatic heterocycles. The maximum absolute atomic E-state index is 12.6. The Morgan fingerprint density at radius 1 is 1.09 bits per heavy atom. The molecule has 0 saturated carbocycles. The van der Waals surface area contributed by atoms with Crippen molar-refractivity contribution in [1.29, 1.82) is 0 Å². The number of carbonyl (C=O) groups excluding carboxylic acids is 2. The van der Waals surface area contributed by atoms with Crippen molar-refractivity contribution in [2.24, 2.45) is 0 Å².